The second-order valence-electron chi connectivity index (χ2n) is 10.2. The molecule has 230 valence electrons. The summed E-state index contributed by atoms with van der Waals surface area (Å²) in [6.45, 7) is 6.61. The minimum atomic E-state index is -1.08. The summed E-state index contributed by atoms with van der Waals surface area (Å²) < 4.78 is 26.1. The molecule has 0 spiro atoms. The summed E-state index contributed by atoms with van der Waals surface area (Å²) in [5.74, 6) is -1.95. The molecule has 1 aliphatic carbocycles. The molecule has 0 heterocycles. The summed E-state index contributed by atoms with van der Waals surface area (Å²) in [6, 6.07) is 7.09. The van der Waals surface area contributed by atoms with Crippen molar-refractivity contribution in [2.24, 2.45) is 5.92 Å². The standard InChI is InChI=1S/C29H45N3O9/c1-21(2)19-25(32-29(36)41-18-17-40-16-15-39-14-13-38-12-11-37-3)27(34)31-24(20-22-7-5-4-6-8-22)26(33)28(35)30-23-9-10-23/h4-8,21,23-25H,9-20H2,1-3H3,(H,30,35)(H,31,34)(H,32,36)/t24-,25?/m0/s1. The largest absolute Gasteiger partial charge is 0.447 e. The molecule has 2 atom stereocenters. The van der Waals surface area contributed by atoms with E-state index in [9.17, 15) is 19.2 Å². The van der Waals surface area contributed by atoms with Crippen LogP contribution in [0, 0.1) is 5.92 Å². The zero-order valence-electron chi connectivity index (χ0n) is 24.4. The number of carbonyl (C=O) groups excluding carboxylic acids is 4. The average Bonchev–Trinajstić information content (AvgIpc) is 3.76. The van der Waals surface area contributed by atoms with Crippen molar-refractivity contribution in [2.75, 3.05) is 60.0 Å². The molecule has 0 aliphatic heterocycles. The van der Waals surface area contributed by atoms with E-state index in [0.717, 1.165) is 18.4 Å². The van der Waals surface area contributed by atoms with Crippen LogP contribution in [0.15, 0.2) is 30.3 Å². The number of hydrogen-bond donors (Lipinski definition) is 3. The van der Waals surface area contributed by atoms with Gasteiger partial charge in [-0.1, -0.05) is 44.2 Å². The predicted octanol–water partition coefficient (Wildman–Crippen LogP) is 1.40. The van der Waals surface area contributed by atoms with Crippen LogP contribution in [0.1, 0.15) is 38.7 Å². The summed E-state index contributed by atoms with van der Waals surface area (Å²) >= 11 is 0. The van der Waals surface area contributed by atoms with Gasteiger partial charge in [0, 0.05) is 19.6 Å². The highest BCUT2D eigenvalue weighted by Crippen LogP contribution is 2.18. The van der Waals surface area contributed by atoms with Crippen molar-refractivity contribution in [3.8, 4) is 0 Å². The lowest BCUT2D eigenvalue weighted by molar-refractivity contribution is -0.140. The maximum atomic E-state index is 13.2. The van der Waals surface area contributed by atoms with Crippen molar-refractivity contribution in [3.05, 3.63) is 35.9 Å². The first-order chi connectivity index (χ1) is 19.8. The normalized spacial score (nSPS) is 14.2. The number of nitrogens with one attached hydrogen (secondary N) is 3. The number of Topliss-reactive ketones (excluding diaryl/α,β-unsaturated/α-hetero) is 1. The molecular weight excluding hydrogens is 534 g/mol. The van der Waals surface area contributed by atoms with Crippen LogP contribution in [0.5, 0.6) is 0 Å². The smallest absolute Gasteiger partial charge is 0.407 e. The van der Waals surface area contributed by atoms with Crippen LogP contribution in [0.4, 0.5) is 4.79 Å². The molecule has 12 heteroatoms. The van der Waals surface area contributed by atoms with Gasteiger partial charge in [0.1, 0.15) is 18.7 Å². The van der Waals surface area contributed by atoms with Crippen LogP contribution in [-0.4, -0.2) is 102 Å². The Balaban J connectivity index is 1.79. The number of ketones is 1. The molecule has 12 nitrogen and oxygen atoms in total. The fraction of sp³-hybridized carbons (Fsp3) is 0.655. The van der Waals surface area contributed by atoms with Crippen molar-refractivity contribution < 1.29 is 42.9 Å². The number of ether oxygens (including phenoxy) is 5. The van der Waals surface area contributed by atoms with Crippen LogP contribution in [-0.2, 0) is 44.5 Å². The molecule has 1 fully saturated rings. The number of rotatable bonds is 22. The van der Waals surface area contributed by atoms with Crippen LogP contribution in [0.2, 0.25) is 0 Å². The van der Waals surface area contributed by atoms with Crippen molar-refractivity contribution in [1.82, 2.24) is 16.0 Å². The van der Waals surface area contributed by atoms with E-state index in [1.165, 1.54) is 0 Å². The van der Waals surface area contributed by atoms with Gasteiger partial charge in [0.2, 0.25) is 11.7 Å². The molecule has 1 aliphatic rings. The summed E-state index contributed by atoms with van der Waals surface area (Å²) in [6.07, 6.45) is 1.34. The Bertz CT molecular complexity index is 925. The molecule has 3 N–H and O–H groups in total. The van der Waals surface area contributed by atoms with Crippen LogP contribution in [0.3, 0.4) is 0 Å². The molecule has 0 radical (unpaired) electrons. The van der Waals surface area contributed by atoms with Gasteiger partial charge in [0.15, 0.2) is 0 Å². The molecule has 0 bridgehead atoms. The lowest BCUT2D eigenvalue weighted by Gasteiger charge is -2.23. The number of benzene rings is 1. The Morgan fingerprint density at radius 1 is 0.805 bits per heavy atom. The topological polar surface area (TPSA) is 151 Å². The highest BCUT2D eigenvalue weighted by molar-refractivity contribution is 6.38. The number of alkyl carbamates (subject to hydrolysis) is 1. The zero-order chi connectivity index (χ0) is 29.9. The maximum Gasteiger partial charge on any atom is 0.407 e. The zero-order valence-corrected chi connectivity index (χ0v) is 24.4. The molecule has 3 amide bonds. The molecule has 0 aromatic heterocycles. The van der Waals surface area contributed by atoms with Gasteiger partial charge < -0.3 is 39.6 Å². The Kier molecular flexibility index (Phi) is 16.6. The summed E-state index contributed by atoms with van der Waals surface area (Å²) in [5, 5.41) is 7.96. The SMILES string of the molecule is COCCOCCOCCOCCOC(=O)NC(CC(C)C)C(=O)N[C@@H](Cc1ccccc1)C(=O)C(=O)NC1CC1. The maximum absolute atomic E-state index is 13.2. The third-order valence-corrected chi connectivity index (χ3v) is 6.00. The van der Waals surface area contributed by atoms with Crippen LogP contribution >= 0.6 is 0 Å². The van der Waals surface area contributed by atoms with Gasteiger partial charge in [-0.2, -0.15) is 0 Å². The van der Waals surface area contributed by atoms with Gasteiger partial charge in [0.25, 0.3) is 5.91 Å². The summed E-state index contributed by atoms with van der Waals surface area (Å²) in [4.78, 5) is 51.1. The van der Waals surface area contributed by atoms with E-state index in [2.05, 4.69) is 16.0 Å². The van der Waals surface area contributed by atoms with Crippen LogP contribution in [0.25, 0.3) is 0 Å². The molecule has 0 saturated heterocycles. The molecule has 2 rings (SSSR count). The fourth-order valence-electron chi connectivity index (χ4n) is 3.74. The molecule has 1 saturated carbocycles. The number of methoxy groups -OCH3 is 1. The first-order valence-electron chi connectivity index (χ1n) is 14.1. The molecule has 1 aromatic carbocycles. The van der Waals surface area contributed by atoms with E-state index < -0.39 is 35.8 Å². The van der Waals surface area contributed by atoms with Gasteiger partial charge in [-0.05, 0) is 30.7 Å². The third-order valence-electron chi connectivity index (χ3n) is 6.00. The van der Waals surface area contributed by atoms with Gasteiger partial charge >= 0.3 is 6.09 Å². The highest BCUT2D eigenvalue weighted by Gasteiger charge is 2.33. The second-order valence-corrected chi connectivity index (χ2v) is 10.2. The van der Waals surface area contributed by atoms with E-state index in [1.54, 1.807) is 7.11 Å². The Labute approximate surface area is 242 Å². The summed E-state index contributed by atoms with van der Waals surface area (Å²) in [5.41, 5.74) is 0.791. The van der Waals surface area contributed by atoms with Gasteiger partial charge in [-0.3, -0.25) is 14.4 Å². The van der Waals surface area contributed by atoms with Gasteiger partial charge in [0.05, 0.1) is 46.2 Å². The van der Waals surface area contributed by atoms with Crippen molar-refractivity contribution in [3.63, 3.8) is 0 Å². The van der Waals surface area contributed by atoms with Crippen molar-refractivity contribution in [1.29, 1.82) is 0 Å². The van der Waals surface area contributed by atoms with Crippen molar-refractivity contribution >= 4 is 23.7 Å². The van der Waals surface area contributed by atoms with E-state index in [0.29, 0.717) is 46.1 Å². The van der Waals surface area contributed by atoms with E-state index in [-0.39, 0.29) is 31.6 Å². The molecule has 1 aromatic rings. The Morgan fingerprint density at radius 2 is 1.39 bits per heavy atom. The molecule has 41 heavy (non-hydrogen) atoms. The number of carbonyl (C=O) groups is 4. The average molecular weight is 580 g/mol. The predicted molar refractivity (Wildman–Crippen MR) is 150 cm³/mol. The van der Waals surface area contributed by atoms with Crippen molar-refractivity contribution in [2.45, 2.75) is 57.7 Å². The fourth-order valence-corrected chi connectivity index (χ4v) is 3.74. The minimum absolute atomic E-state index is 0.00648. The Hall–Kier alpha value is -3.06. The number of amides is 3. The monoisotopic (exact) mass is 579 g/mol. The quantitative estimate of drug-likeness (QED) is 0.137. The summed E-state index contributed by atoms with van der Waals surface area (Å²) in [7, 11) is 1.61. The van der Waals surface area contributed by atoms with Crippen LogP contribution < -0.4 is 16.0 Å². The van der Waals surface area contributed by atoms with E-state index in [4.69, 9.17) is 23.7 Å². The Morgan fingerprint density at radius 3 is 1.95 bits per heavy atom. The minimum Gasteiger partial charge on any atom is -0.447 e. The molecule has 1 unspecified atom stereocenters. The first kappa shape index (κ1) is 34.1. The lowest BCUT2D eigenvalue weighted by Crippen LogP contribution is -2.55. The van der Waals surface area contributed by atoms with E-state index >= 15 is 0 Å². The second kappa shape index (κ2) is 19.9. The molecular formula is C29H45N3O9. The third kappa shape index (κ3) is 15.5. The highest BCUT2D eigenvalue weighted by atomic mass is 16.6. The first-order valence-corrected chi connectivity index (χ1v) is 14.1. The van der Waals surface area contributed by atoms with Gasteiger partial charge in [-0.15, -0.1) is 0 Å². The number of hydrogen-bond acceptors (Lipinski definition) is 9. The lowest BCUT2D eigenvalue weighted by atomic mass is 9.99. The van der Waals surface area contributed by atoms with Gasteiger partial charge in [-0.25, -0.2) is 4.79 Å². The van der Waals surface area contributed by atoms with E-state index in [1.807, 2.05) is 44.2 Å².